The van der Waals surface area contributed by atoms with Crippen LogP contribution < -0.4 is 5.43 Å². The number of hydrogen-bond acceptors (Lipinski definition) is 3. The molecule has 0 unspecified atom stereocenters. The molecule has 5 heteroatoms. The molecule has 2 N–H and O–H groups in total. The van der Waals surface area contributed by atoms with E-state index in [1.165, 1.54) is 12.1 Å². The Kier molecular flexibility index (Phi) is 5.83. The Morgan fingerprint density at radius 3 is 2.74 bits per heavy atom. The molecule has 1 aromatic carbocycles. The summed E-state index contributed by atoms with van der Waals surface area (Å²) < 4.78 is 0. The minimum Gasteiger partial charge on any atom is -0.478 e. The third-order valence-corrected chi connectivity index (χ3v) is 2.99. The zero-order chi connectivity index (χ0) is 14.4. The van der Waals surface area contributed by atoms with Crippen molar-refractivity contribution >= 4 is 29.0 Å². The number of nitrogens with one attached hydrogen (secondary N) is 1. The van der Waals surface area contributed by atoms with E-state index in [1.54, 1.807) is 6.07 Å². The van der Waals surface area contributed by atoms with Gasteiger partial charge in [0.05, 0.1) is 16.3 Å². The van der Waals surface area contributed by atoms with E-state index >= 15 is 0 Å². The highest BCUT2D eigenvalue weighted by molar-refractivity contribution is 6.33. The zero-order valence-electron chi connectivity index (χ0n) is 11.4. The maximum Gasteiger partial charge on any atom is 0.335 e. The molecule has 0 spiro atoms. The molecule has 0 heterocycles. The number of rotatable bonds is 6. The van der Waals surface area contributed by atoms with Crippen molar-refractivity contribution in [1.29, 1.82) is 0 Å². The minimum absolute atomic E-state index is 0.182. The molecule has 0 aliphatic carbocycles. The Hall–Kier alpha value is -1.55. The number of hydrogen-bond donors (Lipinski definition) is 2. The molecule has 0 aromatic heterocycles. The van der Waals surface area contributed by atoms with Gasteiger partial charge in [0, 0.05) is 5.71 Å². The van der Waals surface area contributed by atoms with E-state index in [0.29, 0.717) is 16.6 Å². The van der Waals surface area contributed by atoms with E-state index in [4.69, 9.17) is 16.7 Å². The molecular weight excluding hydrogens is 264 g/mol. The zero-order valence-corrected chi connectivity index (χ0v) is 12.2. The van der Waals surface area contributed by atoms with Crippen LogP contribution in [0.4, 0.5) is 5.69 Å². The summed E-state index contributed by atoms with van der Waals surface area (Å²) in [5.41, 5.74) is 4.48. The molecule has 0 radical (unpaired) electrons. The van der Waals surface area contributed by atoms with Crippen molar-refractivity contribution in [3.8, 4) is 0 Å². The van der Waals surface area contributed by atoms with Gasteiger partial charge in [-0.15, -0.1) is 0 Å². The van der Waals surface area contributed by atoms with Crippen LogP contribution in [0, 0.1) is 5.92 Å². The molecule has 0 aliphatic rings. The van der Waals surface area contributed by atoms with Gasteiger partial charge in [-0.25, -0.2) is 4.79 Å². The molecule has 0 aliphatic heterocycles. The second-order valence-electron chi connectivity index (χ2n) is 4.89. The first-order valence-corrected chi connectivity index (χ1v) is 6.60. The molecular formula is C14H19ClN2O2. The standard InChI is InChI=1S/C14H19ClN2O2/c1-9(2)4-5-10(3)16-17-13-8-11(14(18)19)6-7-12(13)15/h6-9,17H,4-5H2,1-3H3,(H,18,19)/b16-10-. The number of carbonyl (C=O) groups is 1. The van der Waals surface area contributed by atoms with Gasteiger partial charge < -0.3 is 5.11 Å². The van der Waals surface area contributed by atoms with E-state index in [0.717, 1.165) is 18.6 Å². The maximum atomic E-state index is 10.9. The van der Waals surface area contributed by atoms with Crippen LogP contribution in [0.25, 0.3) is 0 Å². The van der Waals surface area contributed by atoms with E-state index in [1.807, 2.05) is 6.92 Å². The number of carboxylic acids is 1. The number of aromatic carboxylic acids is 1. The van der Waals surface area contributed by atoms with E-state index in [9.17, 15) is 4.79 Å². The smallest absolute Gasteiger partial charge is 0.335 e. The average molecular weight is 283 g/mol. The van der Waals surface area contributed by atoms with E-state index in [-0.39, 0.29) is 5.56 Å². The monoisotopic (exact) mass is 282 g/mol. The molecule has 19 heavy (non-hydrogen) atoms. The van der Waals surface area contributed by atoms with Gasteiger partial charge in [-0.2, -0.15) is 5.10 Å². The maximum absolute atomic E-state index is 10.9. The molecule has 1 rings (SSSR count). The molecule has 1 aromatic rings. The van der Waals surface area contributed by atoms with Crippen molar-refractivity contribution in [2.45, 2.75) is 33.6 Å². The molecule has 0 saturated heterocycles. The summed E-state index contributed by atoms with van der Waals surface area (Å²) in [7, 11) is 0. The second-order valence-corrected chi connectivity index (χ2v) is 5.30. The van der Waals surface area contributed by atoms with Gasteiger partial charge in [-0.05, 0) is 43.9 Å². The fourth-order valence-electron chi connectivity index (χ4n) is 1.45. The van der Waals surface area contributed by atoms with Gasteiger partial charge in [-0.1, -0.05) is 25.4 Å². The third kappa shape index (κ3) is 5.30. The Balaban J connectivity index is 2.73. The molecule has 0 bridgehead atoms. The Morgan fingerprint density at radius 1 is 1.47 bits per heavy atom. The predicted octanol–water partition coefficient (Wildman–Crippen LogP) is 4.26. The van der Waals surface area contributed by atoms with E-state index < -0.39 is 5.97 Å². The summed E-state index contributed by atoms with van der Waals surface area (Å²) in [5.74, 6) is -0.357. The summed E-state index contributed by atoms with van der Waals surface area (Å²) in [6.07, 6.45) is 1.97. The lowest BCUT2D eigenvalue weighted by molar-refractivity contribution is 0.0697. The number of halogens is 1. The molecule has 0 saturated carbocycles. The van der Waals surface area contributed by atoms with Crippen molar-refractivity contribution in [2.75, 3.05) is 5.43 Å². The Labute approximate surface area is 118 Å². The van der Waals surface area contributed by atoms with Crippen molar-refractivity contribution in [3.63, 3.8) is 0 Å². The van der Waals surface area contributed by atoms with Gasteiger partial charge in [0.15, 0.2) is 0 Å². The molecule has 0 atom stereocenters. The SMILES string of the molecule is C/C(CCC(C)C)=N/Nc1cc(C(=O)O)ccc1Cl. The van der Waals surface area contributed by atoms with Crippen LogP contribution in [0.15, 0.2) is 23.3 Å². The topological polar surface area (TPSA) is 61.7 Å². The molecule has 0 fully saturated rings. The summed E-state index contributed by atoms with van der Waals surface area (Å²) in [6, 6.07) is 4.49. The van der Waals surface area contributed by atoms with Crippen molar-refractivity contribution in [3.05, 3.63) is 28.8 Å². The third-order valence-electron chi connectivity index (χ3n) is 2.66. The summed E-state index contributed by atoms with van der Waals surface area (Å²) in [6.45, 7) is 6.26. The lowest BCUT2D eigenvalue weighted by Gasteiger charge is -2.07. The van der Waals surface area contributed by atoms with Crippen LogP contribution in [0.1, 0.15) is 44.0 Å². The summed E-state index contributed by atoms with van der Waals surface area (Å²) >= 11 is 5.99. The minimum atomic E-state index is -0.986. The van der Waals surface area contributed by atoms with E-state index in [2.05, 4.69) is 24.4 Å². The second kappa shape index (κ2) is 7.14. The van der Waals surface area contributed by atoms with Gasteiger partial charge >= 0.3 is 5.97 Å². The van der Waals surface area contributed by atoms with Gasteiger partial charge in [0.1, 0.15) is 0 Å². The van der Waals surface area contributed by atoms with Crippen LogP contribution in [0.3, 0.4) is 0 Å². The van der Waals surface area contributed by atoms with Crippen molar-refractivity contribution in [1.82, 2.24) is 0 Å². The van der Waals surface area contributed by atoms with Crippen LogP contribution >= 0.6 is 11.6 Å². The Morgan fingerprint density at radius 2 is 2.16 bits per heavy atom. The number of carboxylic acid groups (broad SMARTS) is 1. The van der Waals surface area contributed by atoms with Crippen molar-refractivity contribution in [2.24, 2.45) is 11.0 Å². The fraction of sp³-hybridized carbons (Fsp3) is 0.429. The lowest BCUT2D eigenvalue weighted by atomic mass is 10.1. The van der Waals surface area contributed by atoms with Gasteiger partial charge in [0.2, 0.25) is 0 Å². The summed E-state index contributed by atoms with van der Waals surface area (Å²) in [4.78, 5) is 10.9. The van der Waals surface area contributed by atoms with Crippen LogP contribution in [0.2, 0.25) is 5.02 Å². The number of anilines is 1. The normalized spacial score (nSPS) is 11.7. The first-order chi connectivity index (χ1) is 8.90. The first kappa shape index (κ1) is 15.5. The highest BCUT2D eigenvalue weighted by Gasteiger charge is 2.06. The Bertz CT molecular complexity index is 484. The molecule has 4 nitrogen and oxygen atoms in total. The molecule has 104 valence electrons. The summed E-state index contributed by atoms with van der Waals surface area (Å²) in [5, 5.41) is 13.6. The highest BCUT2D eigenvalue weighted by Crippen LogP contribution is 2.23. The van der Waals surface area contributed by atoms with Gasteiger partial charge in [0.25, 0.3) is 0 Å². The highest BCUT2D eigenvalue weighted by atomic mass is 35.5. The fourth-order valence-corrected chi connectivity index (χ4v) is 1.61. The van der Waals surface area contributed by atoms with Crippen LogP contribution in [0.5, 0.6) is 0 Å². The average Bonchev–Trinajstić information content (AvgIpc) is 2.35. The molecule has 0 amide bonds. The van der Waals surface area contributed by atoms with Gasteiger partial charge in [-0.3, -0.25) is 5.43 Å². The number of hydrazone groups is 1. The van der Waals surface area contributed by atoms with Crippen LogP contribution in [-0.2, 0) is 0 Å². The predicted molar refractivity (Wildman–Crippen MR) is 79.2 cm³/mol. The first-order valence-electron chi connectivity index (χ1n) is 6.22. The lowest BCUT2D eigenvalue weighted by Crippen LogP contribution is -2.02. The largest absolute Gasteiger partial charge is 0.478 e. The number of benzene rings is 1. The quantitative estimate of drug-likeness (QED) is 0.605. The number of nitrogens with zero attached hydrogens (tertiary/aromatic N) is 1. The van der Waals surface area contributed by atoms with Crippen LogP contribution in [-0.4, -0.2) is 16.8 Å². The van der Waals surface area contributed by atoms with Crippen molar-refractivity contribution < 1.29 is 9.90 Å².